The van der Waals surface area contributed by atoms with Gasteiger partial charge in [-0.3, -0.25) is 9.59 Å². The largest absolute Gasteiger partial charge is 0.341 e. The third-order valence-electron chi connectivity index (χ3n) is 9.86. The first-order valence-corrected chi connectivity index (χ1v) is 14.6. The fourth-order valence-corrected chi connectivity index (χ4v) is 7.54. The Kier molecular flexibility index (Phi) is 6.01. The number of rotatable bonds is 4. The normalized spacial score (nSPS) is 21.8. The summed E-state index contributed by atoms with van der Waals surface area (Å²) in [7, 11) is 0. The number of likely N-dealkylation sites (tertiary alicyclic amines) is 2. The number of carbonyl (C=O) groups excluding carboxylic acids is 2. The summed E-state index contributed by atoms with van der Waals surface area (Å²) in [5.74, 6) is 0.119. The number of piperidine rings is 1. The van der Waals surface area contributed by atoms with E-state index in [-0.39, 0.29) is 11.8 Å². The average Bonchev–Trinajstić information content (AvgIpc) is 3.46. The minimum atomic E-state index is -0.0692. The van der Waals surface area contributed by atoms with Gasteiger partial charge in [-0.1, -0.05) is 29.8 Å². The van der Waals surface area contributed by atoms with Crippen molar-refractivity contribution >= 4 is 40.0 Å². The van der Waals surface area contributed by atoms with E-state index in [2.05, 4.69) is 9.80 Å². The lowest BCUT2D eigenvalue weighted by molar-refractivity contribution is -0.134. The fourth-order valence-electron chi connectivity index (χ4n) is 7.27. The molecule has 2 aromatic carbocycles. The summed E-state index contributed by atoms with van der Waals surface area (Å²) in [6, 6.07) is 14.5. The van der Waals surface area contributed by atoms with Gasteiger partial charge < -0.3 is 19.3 Å². The summed E-state index contributed by atoms with van der Waals surface area (Å²) in [4.78, 5) is 33.0. The molecule has 6 nitrogen and oxygen atoms in total. The highest BCUT2D eigenvalue weighted by molar-refractivity contribution is 6.35. The molecule has 1 aliphatic carbocycles. The zero-order valence-corrected chi connectivity index (χ0v) is 22.6. The van der Waals surface area contributed by atoms with Crippen LogP contribution in [0.15, 0.2) is 48.7 Å². The zero-order chi connectivity index (χ0) is 25.9. The third-order valence-corrected chi connectivity index (χ3v) is 10.2. The summed E-state index contributed by atoms with van der Waals surface area (Å²) < 4.78 is 2.03. The van der Waals surface area contributed by atoms with Crippen LogP contribution in [0.2, 0.25) is 5.02 Å². The predicted octanol–water partition coefficient (Wildman–Crippen LogP) is 5.71. The lowest BCUT2D eigenvalue weighted by Crippen LogP contribution is -2.50. The second-order valence-corrected chi connectivity index (χ2v) is 12.3. The Hall–Kier alpha value is -2.83. The first kappa shape index (κ1) is 24.2. The fraction of sp³-hybridized carbons (Fsp3) is 0.484. The van der Waals surface area contributed by atoms with E-state index in [1.807, 2.05) is 47.2 Å². The van der Waals surface area contributed by atoms with Gasteiger partial charge in [0.2, 0.25) is 5.91 Å². The number of hydrogen-bond acceptors (Lipinski definition) is 3. The van der Waals surface area contributed by atoms with E-state index in [1.165, 1.54) is 45.2 Å². The number of amides is 2. The maximum Gasteiger partial charge on any atom is 0.260 e. The first-order chi connectivity index (χ1) is 18.5. The van der Waals surface area contributed by atoms with E-state index in [0.717, 1.165) is 54.1 Å². The van der Waals surface area contributed by atoms with Crippen LogP contribution in [0.25, 0.3) is 10.9 Å². The van der Waals surface area contributed by atoms with E-state index < -0.39 is 0 Å². The van der Waals surface area contributed by atoms with Crippen molar-refractivity contribution in [2.75, 3.05) is 31.1 Å². The molecule has 1 aromatic heterocycles. The number of carbonyl (C=O) groups is 2. The van der Waals surface area contributed by atoms with Gasteiger partial charge in [0.1, 0.15) is 6.54 Å². The molecule has 0 radical (unpaired) electrons. The van der Waals surface area contributed by atoms with Crippen molar-refractivity contribution in [2.24, 2.45) is 5.41 Å². The number of anilines is 1. The van der Waals surface area contributed by atoms with Crippen LogP contribution in [0.5, 0.6) is 0 Å². The van der Waals surface area contributed by atoms with Gasteiger partial charge >= 0.3 is 0 Å². The SMILES string of the molecule is O=C(Cn1ccc2ccc(N3Cc4cccc(Cl)c4C3=O)cc21)N1CCC2(CCC(N3CCC3)CC2)CC1. The Morgan fingerprint density at radius 2 is 1.76 bits per heavy atom. The van der Waals surface area contributed by atoms with E-state index in [4.69, 9.17) is 11.6 Å². The minimum absolute atomic E-state index is 0.0692. The summed E-state index contributed by atoms with van der Waals surface area (Å²) in [6.07, 6.45) is 11.0. The van der Waals surface area contributed by atoms with Gasteiger partial charge in [-0.25, -0.2) is 0 Å². The van der Waals surface area contributed by atoms with Crippen molar-refractivity contribution in [1.29, 1.82) is 0 Å². The van der Waals surface area contributed by atoms with Gasteiger partial charge in [-0.2, -0.15) is 0 Å². The molecule has 2 amide bonds. The molecule has 0 N–H and O–H groups in total. The molecular formula is C31H35ClN4O2. The van der Waals surface area contributed by atoms with Crippen LogP contribution in [0.4, 0.5) is 5.69 Å². The number of fused-ring (bicyclic) bond motifs is 2. The van der Waals surface area contributed by atoms with Crippen LogP contribution in [0.3, 0.4) is 0 Å². The molecule has 4 aliphatic rings. The van der Waals surface area contributed by atoms with Crippen LogP contribution in [0.1, 0.15) is 60.9 Å². The van der Waals surface area contributed by atoms with Crippen LogP contribution in [0, 0.1) is 5.41 Å². The lowest BCUT2D eigenvalue weighted by atomic mass is 9.66. The monoisotopic (exact) mass is 530 g/mol. The van der Waals surface area contributed by atoms with Gasteiger partial charge in [-0.05, 0) is 98.7 Å². The van der Waals surface area contributed by atoms with Crippen LogP contribution < -0.4 is 4.90 Å². The van der Waals surface area contributed by atoms with Crippen molar-refractivity contribution in [3.05, 3.63) is 64.8 Å². The second-order valence-electron chi connectivity index (χ2n) is 11.9. The standard InChI is InChI=1S/C31H35ClN4O2/c32-26-4-1-3-23-20-36(30(38)29(23)26)25-6-5-22-9-16-35(27(22)19-25)21-28(37)34-17-12-31(13-18-34)10-7-24(8-11-31)33-14-2-15-33/h1,3-6,9,16,19,24H,2,7-8,10-15,17-18,20-21H2. The molecule has 1 spiro atoms. The molecule has 3 aliphatic heterocycles. The van der Waals surface area contributed by atoms with Crippen LogP contribution in [-0.2, 0) is 17.9 Å². The number of hydrogen-bond donors (Lipinski definition) is 0. The molecule has 1 saturated carbocycles. The molecule has 7 heteroatoms. The van der Waals surface area contributed by atoms with Gasteiger partial charge in [-0.15, -0.1) is 0 Å². The van der Waals surface area contributed by atoms with Crippen molar-refractivity contribution in [1.82, 2.24) is 14.4 Å². The highest BCUT2D eigenvalue weighted by Gasteiger charge is 2.40. The van der Waals surface area contributed by atoms with E-state index >= 15 is 0 Å². The minimum Gasteiger partial charge on any atom is -0.341 e. The molecule has 2 saturated heterocycles. The second kappa shape index (κ2) is 9.42. The van der Waals surface area contributed by atoms with Gasteiger partial charge in [0.15, 0.2) is 0 Å². The lowest BCUT2D eigenvalue weighted by Gasteiger charge is -2.49. The van der Waals surface area contributed by atoms with Crippen molar-refractivity contribution in [2.45, 2.75) is 64.1 Å². The van der Waals surface area contributed by atoms with E-state index in [9.17, 15) is 9.59 Å². The number of benzene rings is 2. The molecule has 0 bridgehead atoms. The summed E-state index contributed by atoms with van der Waals surface area (Å²) >= 11 is 6.33. The Bertz CT molecular complexity index is 1390. The van der Waals surface area contributed by atoms with Gasteiger partial charge in [0.05, 0.1) is 22.6 Å². The maximum atomic E-state index is 13.4. The Balaban J connectivity index is 1.02. The molecule has 0 atom stereocenters. The van der Waals surface area contributed by atoms with Crippen molar-refractivity contribution < 1.29 is 9.59 Å². The quantitative estimate of drug-likeness (QED) is 0.434. The first-order valence-electron chi connectivity index (χ1n) is 14.2. The Morgan fingerprint density at radius 3 is 2.47 bits per heavy atom. The molecule has 4 heterocycles. The summed E-state index contributed by atoms with van der Waals surface area (Å²) in [5, 5.41) is 1.57. The topological polar surface area (TPSA) is 48.8 Å². The van der Waals surface area contributed by atoms with E-state index in [0.29, 0.717) is 29.1 Å². The smallest absolute Gasteiger partial charge is 0.260 e. The molecule has 7 rings (SSSR count). The summed E-state index contributed by atoms with van der Waals surface area (Å²) in [5.41, 5.74) is 3.80. The van der Waals surface area contributed by atoms with Crippen LogP contribution >= 0.6 is 11.6 Å². The number of nitrogens with zero attached hydrogens (tertiary/aromatic N) is 4. The molecule has 198 valence electrons. The van der Waals surface area contributed by atoms with Gasteiger partial charge in [0.25, 0.3) is 5.91 Å². The predicted molar refractivity (Wildman–Crippen MR) is 151 cm³/mol. The van der Waals surface area contributed by atoms with Crippen LogP contribution in [-0.4, -0.2) is 58.4 Å². The summed E-state index contributed by atoms with van der Waals surface area (Å²) in [6.45, 7) is 5.18. The molecular weight excluding hydrogens is 496 g/mol. The molecule has 38 heavy (non-hydrogen) atoms. The maximum absolute atomic E-state index is 13.4. The van der Waals surface area contributed by atoms with Gasteiger partial charge in [0, 0.05) is 31.0 Å². The molecule has 3 aromatic rings. The Labute approximate surface area is 229 Å². The van der Waals surface area contributed by atoms with Crippen molar-refractivity contribution in [3.8, 4) is 0 Å². The number of halogens is 1. The third kappa shape index (κ3) is 4.13. The Morgan fingerprint density at radius 1 is 0.974 bits per heavy atom. The van der Waals surface area contributed by atoms with Crippen molar-refractivity contribution in [3.63, 3.8) is 0 Å². The highest BCUT2D eigenvalue weighted by Crippen LogP contribution is 2.46. The average molecular weight is 531 g/mol. The highest BCUT2D eigenvalue weighted by atomic mass is 35.5. The number of aromatic nitrogens is 1. The molecule has 3 fully saturated rings. The van der Waals surface area contributed by atoms with E-state index in [1.54, 1.807) is 11.0 Å². The zero-order valence-electron chi connectivity index (χ0n) is 21.9. The molecule has 0 unspecified atom stereocenters.